The van der Waals surface area contributed by atoms with Crippen molar-refractivity contribution in [2.24, 2.45) is 0 Å². The molecule has 0 amide bonds. The third-order valence-electron chi connectivity index (χ3n) is 3.33. The lowest BCUT2D eigenvalue weighted by Crippen LogP contribution is -2.42. The van der Waals surface area contributed by atoms with Crippen LogP contribution in [0.15, 0.2) is 18.5 Å². The Hall–Kier alpha value is -0.930. The van der Waals surface area contributed by atoms with E-state index >= 15 is 0 Å². The molecule has 3 heteroatoms. The smallest absolute Gasteiger partial charge is 0.0313 e. The third kappa shape index (κ3) is 4.10. The summed E-state index contributed by atoms with van der Waals surface area (Å²) in [6, 6.07) is 2.89. The summed E-state index contributed by atoms with van der Waals surface area (Å²) >= 11 is 0. The van der Waals surface area contributed by atoms with Crippen LogP contribution in [0.3, 0.4) is 0 Å². The standard InChI is InChI=1S/C14H23N3/c1-12-7-13(9-15-8-12)10-17(2)11-14-5-3-4-6-16-14/h7-9,14,16H,3-6,10-11H2,1-2H3. The SMILES string of the molecule is Cc1cncc(CN(C)CC2CCCCN2)c1. The maximum atomic E-state index is 4.24. The van der Waals surface area contributed by atoms with E-state index in [-0.39, 0.29) is 0 Å². The number of aromatic nitrogens is 1. The first-order valence-electron chi connectivity index (χ1n) is 6.56. The fourth-order valence-corrected chi connectivity index (χ4v) is 2.54. The maximum absolute atomic E-state index is 4.24. The molecule has 2 heterocycles. The predicted octanol–water partition coefficient (Wildman–Crippen LogP) is 1.96. The first-order chi connectivity index (χ1) is 8.24. The zero-order valence-corrected chi connectivity index (χ0v) is 10.9. The minimum atomic E-state index is 0.673. The van der Waals surface area contributed by atoms with Gasteiger partial charge in [-0.25, -0.2) is 0 Å². The zero-order chi connectivity index (χ0) is 12.1. The number of pyridine rings is 1. The molecule has 0 aliphatic carbocycles. The lowest BCUT2D eigenvalue weighted by molar-refractivity contribution is 0.256. The summed E-state index contributed by atoms with van der Waals surface area (Å²) < 4.78 is 0. The molecule has 2 rings (SSSR count). The number of piperidine rings is 1. The summed E-state index contributed by atoms with van der Waals surface area (Å²) in [5.41, 5.74) is 2.55. The van der Waals surface area contributed by atoms with E-state index in [2.05, 4.69) is 35.2 Å². The van der Waals surface area contributed by atoms with E-state index in [9.17, 15) is 0 Å². The number of aryl methyl sites for hydroxylation is 1. The minimum absolute atomic E-state index is 0.673. The zero-order valence-electron chi connectivity index (χ0n) is 10.9. The number of nitrogens with zero attached hydrogens (tertiary/aromatic N) is 2. The molecule has 1 aliphatic rings. The van der Waals surface area contributed by atoms with Crippen LogP contribution in [0.25, 0.3) is 0 Å². The molecule has 1 N–H and O–H groups in total. The summed E-state index contributed by atoms with van der Waals surface area (Å²) in [5, 5.41) is 3.59. The molecule has 1 unspecified atom stereocenters. The molecule has 0 saturated carbocycles. The van der Waals surface area contributed by atoms with Crippen LogP contribution >= 0.6 is 0 Å². The van der Waals surface area contributed by atoms with Crippen LogP contribution in [-0.4, -0.2) is 36.1 Å². The van der Waals surface area contributed by atoms with E-state index in [1.54, 1.807) is 0 Å². The number of rotatable bonds is 4. The monoisotopic (exact) mass is 233 g/mol. The first-order valence-corrected chi connectivity index (χ1v) is 6.56. The van der Waals surface area contributed by atoms with Gasteiger partial charge in [-0.15, -0.1) is 0 Å². The highest BCUT2D eigenvalue weighted by atomic mass is 15.1. The Morgan fingerprint density at radius 3 is 3.00 bits per heavy atom. The van der Waals surface area contributed by atoms with E-state index < -0.39 is 0 Å². The van der Waals surface area contributed by atoms with Crippen molar-refractivity contribution in [3.8, 4) is 0 Å². The van der Waals surface area contributed by atoms with Crippen molar-refractivity contribution in [3.63, 3.8) is 0 Å². The van der Waals surface area contributed by atoms with Crippen molar-refractivity contribution in [1.82, 2.24) is 15.2 Å². The largest absolute Gasteiger partial charge is 0.313 e. The van der Waals surface area contributed by atoms with Crippen LogP contribution in [0.4, 0.5) is 0 Å². The molecule has 1 aromatic heterocycles. The summed E-state index contributed by atoms with van der Waals surface area (Å²) in [7, 11) is 2.19. The Bertz CT molecular complexity index is 345. The van der Waals surface area contributed by atoms with Gasteiger partial charge in [0.25, 0.3) is 0 Å². The highest BCUT2D eigenvalue weighted by Crippen LogP contribution is 2.10. The second kappa shape index (κ2) is 6.12. The molecular weight excluding hydrogens is 210 g/mol. The first kappa shape index (κ1) is 12.5. The third-order valence-corrected chi connectivity index (χ3v) is 3.33. The van der Waals surface area contributed by atoms with Crippen molar-refractivity contribution in [2.75, 3.05) is 20.1 Å². The number of hydrogen-bond acceptors (Lipinski definition) is 3. The van der Waals surface area contributed by atoms with Crippen LogP contribution in [0.2, 0.25) is 0 Å². The van der Waals surface area contributed by atoms with Gasteiger partial charge in [0, 0.05) is 31.5 Å². The van der Waals surface area contributed by atoms with Crippen molar-refractivity contribution in [2.45, 2.75) is 38.8 Å². The van der Waals surface area contributed by atoms with Crippen LogP contribution in [-0.2, 0) is 6.54 Å². The molecule has 1 fully saturated rings. The van der Waals surface area contributed by atoms with Crippen molar-refractivity contribution >= 4 is 0 Å². The highest BCUT2D eigenvalue weighted by molar-refractivity contribution is 5.16. The molecule has 17 heavy (non-hydrogen) atoms. The van der Waals surface area contributed by atoms with E-state index in [0.29, 0.717) is 6.04 Å². The van der Waals surface area contributed by atoms with Crippen LogP contribution in [0, 0.1) is 6.92 Å². The van der Waals surface area contributed by atoms with Gasteiger partial charge >= 0.3 is 0 Å². The van der Waals surface area contributed by atoms with Crippen LogP contribution in [0.5, 0.6) is 0 Å². The maximum Gasteiger partial charge on any atom is 0.0313 e. The summed E-state index contributed by atoms with van der Waals surface area (Å²) in [6.45, 7) is 5.41. The van der Waals surface area contributed by atoms with Gasteiger partial charge in [0.15, 0.2) is 0 Å². The number of likely N-dealkylation sites (N-methyl/N-ethyl adjacent to an activating group) is 1. The number of nitrogens with one attached hydrogen (secondary N) is 1. The molecule has 0 bridgehead atoms. The van der Waals surface area contributed by atoms with Crippen molar-refractivity contribution in [1.29, 1.82) is 0 Å². The topological polar surface area (TPSA) is 28.2 Å². The molecule has 1 saturated heterocycles. The van der Waals surface area contributed by atoms with Crippen LogP contribution in [0.1, 0.15) is 30.4 Å². The van der Waals surface area contributed by atoms with Gasteiger partial charge in [0.1, 0.15) is 0 Å². The van der Waals surface area contributed by atoms with E-state index in [1.165, 1.54) is 36.9 Å². The van der Waals surface area contributed by atoms with Gasteiger partial charge in [0.2, 0.25) is 0 Å². The lowest BCUT2D eigenvalue weighted by atomic mass is 10.0. The Balaban J connectivity index is 1.82. The van der Waals surface area contributed by atoms with Gasteiger partial charge in [-0.3, -0.25) is 4.98 Å². The second-order valence-electron chi connectivity index (χ2n) is 5.21. The fourth-order valence-electron chi connectivity index (χ4n) is 2.54. The Kier molecular flexibility index (Phi) is 4.51. The molecule has 94 valence electrons. The Labute approximate surface area is 104 Å². The van der Waals surface area contributed by atoms with E-state index in [4.69, 9.17) is 0 Å². The molecule has 1 aromatic rings. The van der Waals surface area contributed by atoms with Gasteiger partial charge in [-0.05, 0) is 44.5 Å². The number of hydrogen-bond donors (Lipinski definition) is 1. The van der Waals surface area contributed by atoms with Crippen molar-refractivity contribution < 1.29 is 0 Å². The fraction of sp³-hybridized carbons (Fsp3) is 0.643. The van der Waals surface area contributed by atoms with E-state index in [1.807, 2.05) is 12.4 Å². The van der Waals surface area contributed by atoms with Crippen molar-refractivity contribution in [3.05, 3.63) is 29.6 Å². The van der Waals surface area contributed by atoms with Gasteiger partial charge in [-0.2, -0.15) is 0 Å². The van der Waals surface area contributed by atoms with Gasteiger partial charge in [-0.1, -0.05) is 12.5 Å². The molecular formula is C14H23N3. The summed E-state index contributed by atoms with van der Waals surface area (Å²) in [5.74, 6) is 0. The quantitative estimate of drug-likeness (QED) is 0.861. The Morgan fingerprint density at radius 1 is 1.41 bits per heavy atom. The molecule has 3 nitrogen and oxygen atoms in total. The normalized spacial score (nSPS) is 20.8. The van der Waals surface area contributed by atoms with Gasteiger partial charge in [0.05, 0.1) is 0 Å². The molecule has 0 spiro atoms. The second-order valence-corrected chi connectivity index (χ2v) is 5.21. The van der Waals surface area contributed by atoms with Gasteiger partial charge < -0.3 is 10.2 Å². The molecule has 0 aromatic carbocycles. The average molecular weight is 233 g/mol. The van der Waals surface area contributed by atoms with Crippen LogP contribution < -0.4 is 5.32 Å². The predicted molar refractivity (Wildman–Crippen MR) is 70.9 cm³/mol. The molecule has 1 atom stereocenters. The molecule has 0 radical (unpaired) electrons. The summed E-state index contributed by atoms with van der Waals surface area (Å²) in [6.07, 6.45) is 7.90. The lowest BCUT2D eigenvalue weighted by Gasteiger charge is -2.28. The summed E-state index contributed by atoms with van der Waals surface area (Å²) in [4.78, 5) is 6.63. The minimum Gasteiger partial charge on any atom is -0.313 e. The molecule has 1 aliphatic heterocycles. The highest BCUT2D eigenvalue weighted by Gasteiger charge is 2.14. The Morgan fingerprint density at radius 2 is 2.29 bits per heavy atom. The average Bonchev–Trinajstić information content (AvgIpc) is 2.30. The van der Waals surface area contributed by atoms with E-state index in [0.717, 1.165) is 13.1 Å².